The summed E-state index contributed by atoms with van der Waals surface area (Å²) in [7, 11) is 10.1. The summed E-state index contributed by atoms with van der Waals surface area (Å²) in [5, 5.41) is 0. The Bertz CT molecular complexity index is 456. The quantitative estimate of drug-likeness (QED) is 0.175. The Hall–Kier alpha value is 1.35. The van der Waals surface area contributed by atoms with Gasteiger partial charge < -0.3 is 0 Å². The molecule has 5 heteroatoms. The van der Waals surface area contributed by atoms with Crippen LogP contribution < -0.4 is 0 Å². The maximum absolute atomic E-state index is 4.85. The molecule has 0 heterocycles. The van der Waals surface area contributed by atoms with Gasteiger partial charge in [-0.1, -0.05) is 71.8 Å². The fraction of sp³-hybridized carbons (Fsp3) is 0.720. The molecule has 0 spiro atoms. The third-order valence-electron chi connectivity index (χ3n) is 6.83. The van der Waals surface area contributed by atoms with Gasteiger partial charge in [-0.05, 0) is 55.5 Å². The van der Waals surface area contributed by atoms with Crippen molar-refractivity contribution in [2.24, 2.45) is 0 Å². The maximum Gasteiger partial charge on any atom is 0 e. The summed E-state index contributed by atoms with van der Waals surface area (Å²) in [6, 6.07) is 9.87. The number of rotatable bonds is 3. The standard InChI is InChI=1S/C18H33P.C7H7.2ClH.2Ru/c1-4-10-16(11-5-1)19(17-12-6-2-7-13-17)18-14-8-3-9-15-18;1-7-5-3-2-4-6-7;;;;/h16-18H,1-15H2;2-6H,1H2;2*1H;;/q;-1;;;;+2/p-2. The Balaban J connectivity index is 0.000000343. The molecule has 0 saturated heterocycles. The van der Waals surface area contributed by atoms with Crippen molar-refractivity contribution >= 4 is 27.3 Å². The molecule has 30 heavy (non-hydrogen) atoms. The monoisotopic (exact) mass is 645 g/mol. The van der Waals surface area contributed by atoms with E-state index in [1.54, 1.807) is 77.0 Å². The molecule has 0 bridgehead atoms. The number of benzene rings is 1. The van der Waals surface area contributed by atoms with Gasteiger partial charge in [0.25, 0.3) is 0 Å². The van der Waals surface area contributed by atoms with Crippen molar-refractivity contribution in [2.75, 3.05) is 0 Å². The second kappa shape index (κ2) is 18.7. The van der Waals surface area contributed by atoms with Crippen LogP contribution in [0, 0.1) is 6.92 Å². The zero-order valence-electron chi connectivity index (χ0n) is 18.3. The van der Waals surface area contributed by atoms with Crippen LogP contribution in [0.4, 0.5) is 0 Å². The molecule has 0 atom stereocenters. The Labute approximate surface area is 216 Å². The van der Waals surface area contributed by atoms with Crippen LogP contribution in [0.15, 0.2) is 30.3 Å². The first-order valence-corrected chi connectivity index (χ1v) is 17.8. The molecule has 4 rings (SSSR count). The van der Waals surface area contributed by atoms with E-state index in [9.17, 15) is 0 Å². The summed E-state index contributed by atoms with van der Waals surface area (Å²) in [6.07, 6.45) is 23.6. The summed E-state index contributed by atoms with van der Waals surface area (Å²) < 4.78 is 0. The van der Waals surface area contributed by atoms with Gasteiger partial charge in [0.15, 0.2) is 0 Å². The van der Waals surface area contributed by atoms with Crippen LogP contribution in [0.1, 0.15) is 102 Å². The van der Waals surface area contributed by atoms with Gasteiger partial charge in [-0.2, -0.15) is 24.6 Å². The summed E-state index contributed by atoms with van der Waals surface area (Å²) >= 11 is -0.346. The second-order valence-corrected chi connectivity index (χ2v) is 14.6. The maximum atomic E-state index is 4.85. The molecule has 0 unspecified atom stereocenters. The van der Waals surface area contributed by atoms with E-state index in [1.165, 1.54) is 36.2 Å². The van der Waals surface area contributed by atoms with Crippen LogP contribution in [-0.2, 0) is 34.6 Å². The van der Waals surface area contributed by atoms with Crippen molar-refractivity contribution in [3.05, 3.63) is 42.8 Å². The first kappa shape index (κ1) is 29.4. The van der Waals surface area contributed by atoms with Crippen molar-refractivity contribution in [3.63, 3.8) is 0 Å². The predicted molar refractivity (Wildman–Crippen MR) is 130 cm³/mol. The second-order valence-electron chi connectivity index (χ2n) is 8.86. The molecule has 3 aliphatic carbocycles. The fourth-order valence-electron chi connectivity index (χ4n) is 5.51. The molecule has 1 aromatic rings. The molecule has 1 aromatic carbocycles. The number of hydrogen-bond acceptors (Lipinski definition) is 0. The molecule has 0 N–H and O–H groups in total. The average Bonchev–Trinajstić information content (AvgIpc) is 2.78. The van der Waals surface area contributed by atoms with Crippen LogP contribution in [0.5, 0.6) is 0 Å². The Kier molecular flexibility index (Phi) is 18.4. The number of halogens is 2. The van der Waals surface area contributed by atoms with Gasteiger partial charge in [0.2, 0.25) is 0 Å². The molecule has 0 amide bonds. The Morgan fingerprint density at radius 3 is 1.17 bits per heavy atom. The van der Waals surface area contributed by atoms with Gasteiger partial charge >= 0.3 is 34.5 Å². The van der Waals surface area contributed by atoms with Gasteiger partial charge in [-0.3, -0.25) is 0 Å². The van der Waals surface area contributed by atoms with Crippen molar-refractivity contribution in [1.82, 2.24) is 0 Å². The first-order valence-electron chi connectivity index (χ1n) is 11.8. The van der Waals surface area contributed by atoms with Crippen LogP contribution in [0.25, 0.3) is 0 Å². The van der Waals surface area contributed by atoms with Gasteiger partial charge in [-0.25, -0.2) is 0 Å². The molecule has 3 aliphatic rings. The van der Waals surface area contributed by atoms with Crippen molar-refractivity contribution in [2.45, 2.75) is 113 Å². The van der Waals surface area contributed by atoms with Crippen molar-refractivity contribution in [1.29, 1.82) is 0 Å². The fourth-order valence-corrected chi connectivity index (χ4v) is 10.2. The van der Waals surface area contributed by atoms with Crippen LogP contribution >= 0.6 is 27.3 Å². The van der Waals surface area contributed by atoms with E-state index in [0.29, 0.717) is 7.92 Å². The minimum absolute atomic E-state index is 0. The molecule has 0 aliphatic heterocycles. The van der Waals surface area contributed by atoms with Gasteiger partial charge in [0, 0.05) is 19.5 Å². The smallest absolute Gasteiger partial charge is 0 e. The Morgan fingerprint density at radius 2 is 0.933 bits per heavy atom. The van der Waals surface area contributed by atoms with E-state index in [2.05, 4.69) is 6.92 Å². The normalized spacial score (nSPS) is 21.0. The van der Waals surface area contributed by atoms with Gasteiger partial charge in [-0.15, -0.1) is 12.1 Å². The van der Waals surface area contributed by atoms with Crippen LogP contribution in [0.3, 0.4) is 0 Å². The van der Waals surface area contributed by atoms with Gasteiger partial charge in [0.05, 0.1) is 0 Å². The zero-order valence-corrected chi connectivity index (χ0v) is 24.2. The predicted octanol–water partition coefficient (Wildman–Crippen LogP) is 9.71. The van der Waals surface area contributed by atoms with E-state index in [0.717, 1.165) is 5.56 Å². The minimum atomic E-state index is -0.346. The molecular weight excluding hydrogens is 604 g/mol. The van der Waals surface area contributed by atoms with Crippen LogP contribution in [-0.4, -0.2) is 17.0 Å². The summed E-state index contributed by atoms with van der Waals surface area (Å²) in [5.41, 5.74) is 4.64. The summed E-state index contributed by atoms with van der Waals surface area (Å²) in [6.45, 7) is 3.72. The largest absolute Gasteiger partial charge is 0 e. The third-order valence-corrected chi connectivity index (χ3v) is 10.9. The van der Waals surface area contributed by atoms with Crippen LogP contribution in [0.2, 0.25) is 0 Å². The molecular formula is C25H40Cl2PRu2-. The van der Waals surface area contributed by atoms with E-state index >= 15 is 0 Å². The van der Waals surface area contributed by atoms with E-state index in [1.807, 2.05) is 30.3 Å². The topological polar surface area (TPSA) is 0 Å². The molecule has 0 nitrogen and oxygen atoms in total. The summed E-state index contributed by atoms with van der Waals surface area (Å²) in [5.74, 6) is 0. The van der Waals surface area contributed by atoms with Crippen molar-refractivity contribution < 1.29 is 34.6 Å². The molecule has 3 saturated carbocycles. The van der Waals surface area contributed by atoms with Gasteiger partial charge in [0.1, 0.15) is 0 Å². The van der Waals surface area contributed by atoms with Crippen molar-refractivity contribution in [3.8, 4) is 0 Å². The molecule has 176 valence electrons. The molecule has 3 fully saturated rings. The molecule has 0 radical (unpaired) electrons. The number of hydrogen-bond donors (Lipinski definition) is 0. The third kappa shape index (κ3) is 11.5. The summed E-state index contributed by atoms with van der Waals surface area (Å²) in [4.78, 5) is 0. The van der Waals surface area contributed by atoms with E-state index in [-0.39, 0.29) is 34.6 Å². The van der Waals surface area contributed by atoms with E-state index in [4.69, 9.17) is 19.4 Å². The average molecular weight is 645 g/mol. The van der Waals surface area contributed by atoms with E-state index < -0.39 is 0 Å². The molecule has 0 aromatic heterocycles. The minimum Gasteiger partial charge on any atom is 0 e. The zero-order chi connectivity index (χ0) is 20.7. The first-order chi connectivity index (χ1) is 14.3. The Morgan fingerprint density at radius 1 is 0.633 bits per heavy atom. The SMILES string of the molecule is C1CCC(P(C2CCCCC2)C2CCCCC2)CC1.[CH2-]c1ccccc1.[Cl][Ru][Cl].[Ru].